The average molecular weight is 508 g/mol. The number of rotatable bonds is 8. The number of fused-ring (bicyclic) bond motifs is 1. The van der Waals surface area contributed by atoms with Crippen molar-refractivity contribution in [2.45, 2.75) is 25.7 Å². The van der Waals surface area contributed by atoms with Crippen LogP contribution in [-0.4, -0.2) is 39.4 Å². The summed E-state index contributed by atoms with van der Waals surface area (Å²) >= 11 is 0. The van der Waals surface area contributed by atoms with Crippen LogP contribution in [0, 0.1) is 5.92 Å². The lowest BCUT2D eigenvalue weighted by Crippen LogP contribution is -2.49. The number of para-hydroxylation sites is 3. The van der Waals surface area contributed by atoms with Crippen LogP contribution < -0.4 is 19.7 Å². The molecule has 0 spiro atoms. The van der Waals surface area contributed by atoms with Gasteiger partial charge < -0.3 is 15.4 Å². The molecular weight excluding hydrogens is 478 g/mol. The maximum absolute atomic E-state index is 13.4. The van der Waals surface area contributed by atoms with E-state index in [4.69, 9.17) is 4.74 Å². The molecule has 2 amide bonds. The van der Waals surface area contributed by atoms with Crippen molar-refractivity contribution in [3.8, 4) is 5.75 Å². The molecule has 1 heterocycles. The Balaban J connectivity index is 1.57. The number of hydrogen-bond donors (Lipinski definition) is 2. The number of sulfonamides is 1. The standard InChI is InChI=1S/C27H29N3O5S/c1-19(2)16-28-26(31)21-12-6-7-13-22(21)29-27(32)25-17-30(23-14-8-9-15-24(23)35-25)36(33,34)18-20-10-4-3-5-11-20/h3-15,19,25H,16-18H2,1-2H3,(H,28,31)(H,29,32)/t25-/m0/s1. The van der Waals surface area contributed by atoms with Crippen LogP contribution in [0.4, 0.5) is 11.4 Å². The number of anilines is 2. The molecule has 0 saturated carbocycles. The molecule has 0 aliphatic carbocycles. The summed E-state index contributed by atoms with van der Waals surface area (Å²) in [6, 6.07) is 22.3. The number of nitrogens with one attached hydrogen (secondary N) is 2. The van der Waals surface area contributed by atoms with Gasteiger partial charge in [-0.2, -0.15) is 0 Å². The number of amides is 2. The molecule has 4 rings (SSSR count). The number of carbonyl (C=O) groups is 2. The molecule has 8 nitrogen and oxygen atoms in total. The summed E-state index contributed by atoms with van der Waals surface area (Å²) in [5.74, 6) is -0.496. The molecule has 3 aromatic rings. The molecule has 0 fully saturated rings. The maximum Gasteiger partial charge on any atom is 0.267 e. The number of hydrogen-bond acceptors (Lipinski definition) is 5. The van der Waals surface area contributed by atoms with E-state index in [1.807, 2.05) is 19.9 Å². The number of ether oxygens (including phenoxy) is 1. The third-order valence-corrected chi connectivity index (χ3v) is 7.37. The maximum atomic E-state index is 13.4. The van der Waals surface area contributed by atoms with Crippen LogP contribution in [0.1, 0.15) is 29.8 Å². The van der Waals surface area contributed by atoms with Crippen molar-refractivity contribution in [1.29, 1.82) is 0 Å². The van der Waals surface area contributed by atoms with Crippen molar-refractivity contribution in [2.75, 3.05) is 22.7 Å². The molecular formula is C27H29N3O5S. The van der Waals surface area contributed by atoms with E-state index in [0.717, 1.165) is 0 Å². The highest BCUT2D eigenvalue weighted by molar-refractivity contribution is 7.92. The highest BCUT2D eigenvalue weighted by Crippen LogP contribution is 2.36. The molecule has 1 aliphatic heterocycles. The SMILES string of the molecule is CC(C)CNC(=O)c1ccccc1NC(=O)[C@@H]1CN(S(=O)(=O)Cc2ccccc2)c2ccccc2O1. The van der Waals surface area contributed by atoms with Crippen molar-refractivity contribution < 1.29 is 22.7 Å². The van der Waals surface area contributed by atoms with Gasteiger partial charge in [0, 0.05) is 6.54 Å². The molecule has 36 heavy (non-hydrogen) atoms. The van der Waals surface area contributed by atoms with Crippen molar-refractivity contribution in [2.24, 2.45) is 5.92 Å². The minimum atomic E-state index is -3.82. The second kappa shape index (κ2) is 10.8. The Hall–Kier alpha value is -3.85. The summed E-state index contributed by atoms with van der Waals surface area (Å²) in [4.78, 5) is 25.9. The Morgan fingerprint density at radius 3 is 2.39 bits per heavy atom. The second-order valence-corrected chi connectivity index (χ2v) is 10.9. The fraction of sp³-hybridized carbons (Fsp3) is 0.259. The van der Waals surface area contributed by atoms with Gasteiger partial charge in [0.1, 0.15) is 5.75 Å². The molecule has 9 heteroatoms. The number of benzene rings is 3. The highest BCUT2D eigenvalue weighted by Gasteiger charge is 2.37. The second-order valence-electron chi connectivity index (χ2n) is 8.99. The quantitative estimate of drug-likeness (QED) is 0.483. The first-order valence-electron chi connectivity index (χ1n) is 11.7. The first-order chi connectivity index (χ1) is 17.2. The van der Waals surface area contributed by atoms with Crippen LogP contribution in [-0.2, 0) is 20.6 Å². The molecule has 1 atom stereocenters. The third-order valence-electron chi connectivity index (χ3n) is 5.66. The molecule has 0 bridgehead atoms. The average Bonchev–Trinajstić information content (AvgIpc) is 2.87. The molecule has 1 aliphatic rings. The summed E-state index contributed by atoms with van der Waals surface area (Å²) in [5.41, 5.74) is 1.66. The van der Waals surface area contributed by atoms with Gasteiger partial charge in [0.05, 0.1) is 29.2 Å². The van der Waals surface area contributed by atoms with Crippen LogP contribution in [0.3, 0.4) is 0 Å². The molecule has 0 radical (unpaired) electrons. The van der Waals surface area contributed by atoms with Crippen LogP contribution in [0.25, 0.3) is 0 Å². The summed E-state index contributed by atoms with van der Waals surface area (Å²) in [5, 5.41) is 5.60. The van der Waals surface area contributed by atoms with E-state index in [-0.39, 0.29) is 24.1 Å². The van der Waals surface area contributed by atoms with E-state index >= 15 is 0 Å². The van der Waals surface area contributed by atoms with Crippen molar-refractivity contribution >= 4 is 33.2 Å². The van der Waals surface area contributed by atoms with Gasteiger partial charge in [-0.1, -0.05) is 68.4 Å². The van der Waals surface area contributed by atoms with Crippen molar-refractivity contribution in [1.82, 2.24) is 5.32 Å². The first-order valence-corrected chi connectivity index (χ1v) is 13.3. The van der Waals surface area contributed by atoms with Gasteiger partial charge in [-0.25, -0.2) is 8.42 Å². The van der Waals surface area contributed by atoms with Gasteiger partial charge >= 0.3 is 0 Å². The van der Waals surface area contributed by atoms with Gasteiger partial charge in [0.15, 0.2) is 6.10 Å². The van der Waals surface area contributed by atoms with Gasteiger partial charge in [0.2, 0.25) is 10.0 Å². The third kappa shape index (κ3) is 5.85. The zero-order chi connectivity index (χ0) is 25.7. The lowest BCUT2D eigenvalue weighted by Gasteiger charge is -2.34. The fourth-order valence-electron chi connectivity index (χ4n) is 3.86. The predicted octanol–water partition coefficient (Wildman–Crippen LogP) is 3.81. The van der Waals surface area contributed by atoms with Crippen LogP contribution in [0.15, 0.2) is 78.9 Å². The minimum Gasteiger partial charge on any atom is -0.476 e. The van der Waals surface area contributed by atoms with Crippen molar-refractivity contribution in [3.63, 3.8) is 0 Å². The molecule has 0 aromatic heterocycles. The summed E-state index contributed by atoms with van der Waals surface area (Å²) in [6.45, 7) is 4.28. The Labute approximate surface area is 211 Å². The summed E-state index contributed by atoms with van der Waals surface area (Å²) in [6.07, 6.45) is -1.11. The summed E-state index contributed by atoms with van der Waals surface area (Å²) < 4.78 is 33.9. The van der Waals surface area contributed by atoms with Gasteiger partial charge in [0.25, 0.3) is 11.8 Å². The fourth-order valence-corrected chi connectivity index (χ4v) is 5.44. The van der Waals surface area contributed by atoms with Crippen LogP contribution in [0.2, 0.25) is 0 Å². The Morgan fingerprint density at radius 1 is 0.972 bits per heavy atom. The van der Waals surface area contributed by atoms with Crippen LogP contribution >= 0.6 is 0 Å². The topological polar surface area (TPSA) is 105 Å². The minimum absolute atomic E-state index is 0.195. The van der Waals surface area contributed by atoms with E-state index in [1.165, 1.54) is 4.31 Å². The zero-order valence-corrected chi connectivity index (χ0v) is 21.0. The molecule has 0 unspecified atom stereocenters. The Bertz CT molecular complexity index is 1340. The summed E-state index contributed by atoms with van der Waals surface area (Å²) in [7, 11) is -3.82. The zero-order valence-electron chi connectivity index (χ0n) is 20.2. The van der Waals surface area contributed by atoms with E-state index in [1.54, 1.807) is 72.8 Å². The van der Waals surface area contributed by atoms with E-state index < -0.39 is 22.0 Å². The van der Waals surface area contributed by atoms with Crippen molar-refractivity contribution in [3.05, 3.63) is 90.0 Å². The lowest BCUT2D eigenvalue weighted by atomic mass is 10.1. The Morgan fingerprint density at radius 2 is 1.64 bits per heavy atom. The Kier molecular flexibility index (Phi) is 7.59. The monoisotopic (exact) mass is 507 g/mol. The normalized spacial score (nSPS) is 15.1. The van der Waals surface area contributed by atoms with E-state index in [9.17, 15) is 18.0 Å². The number of carbonyl (C=O) groups excluding carboxylic acids is 2. The van der Waals surface area contributed by atoms with E-state index in [0.29, 0.717) is 34.8 Å². The molecule has 0 saturated heterocycles. The molecule has 188 valence electrons. The van der Waals surface area contributed by atoms with Gasteiger partial charge in [-0.05, 0) is 35.7 Å². The van der Waals surface area contributed by atoms with Gasteiger partial charge in [-0.15, -0.1) is 0 Å². The number of nitrogens with zero attached hydrogens (tertiary/aromatic N) is 1. The largest absolute Gasteiger partial charge is 0.476 e. The highest BCUT2D eigenvalue weighted by atomic mass is 32.2. The smallest absolute Gasteiger partial charge is 0.267 e. The molecule has 2 N–H and O–H groups in total. The molecule has 3 aromatic carbocycles. The van der Waals surface area contributed by atoms with Gasteiger partial charge in [-0.3, -0.25) is 13.9 Å². The lowest BCUT2D eigenvalue weighted by molar-refractivity contribution is -0.122. The van der Waals surface area contributed by atoms with E-state index in [2.05, 4.69) is 10.6 Å². The predicted molar refractivity (Wildman–Crippen MR) is 140 cm³/mol. The first kappa shape index (κ1) is 25.2. The van der Waals surface area contributed by atoms with Crippen LogP contribution in [0.5, 0.6) is 5.75 Å².